The van der Waals surface area contributed by atoms with Gasteiger partial charge in [0.1, 0.15) is 0 Å². The fourth-order valence-corrected chi connectivity index (χ4v) is 2.30. The van der Waals surface area contributed by atoms with Crippen LogP contribution in [0.15, 0.2) is 0 Å². The average molecular weight is 198 g/mol. The molecule has 3 nitrogen and oxygen atoms in total. The van der Waals surface area contributed by atoms with E-state index in [0.717, 1.165) is 6.42 Å². The van der Waals surface area contributed by atoms with Crippen LogP contribution < -0.4 is 5.32 Å². The van der Waals surface area contributed by atoms with Gasteiger partial charge in [0.2, 0.25) is 0 Å². The minimum atomic E-state index is 0.0752. The van der Waals surface area contributed by atoms with Gasteiger partial charge in [-0.2, -0.15) is 0 Å². The molecule has 0 heterocycles. The second-order valence-corrected chi connectivity index (χ2v) is 4.28. The molecule has 0 bridgehead atoms. The van der Waals surface area contributed by atoms with E-state index in [9.17, 15) is 4.79 Å². The number of carbonyl (C=O) groups is 1. The van der Waals surface area contributed by atoms with E-state index in [0.29, 0.717) is 18.5 Å². The minimum absolute atomic E-state index is 0.0752. The highest BCUT2D eigenvalue weighted by Crippen LogP contribution is 2.27. The molecule has 1 rings (SSSR count). The summed E-state index contributed by atoms with van der Waals surface area (Å²) in [6.07, 6.45) is 5.00. The summed E-state index contributed by atoms with van der Waals surface area (Å²) in [5, 5.41) is 2.85. The van der Waals surface area contributed by atoms with Crippen molar-refractivity contribution in [1.82, 2.24) is 10.2 Å². The maximum Gasteiger partial charge on any atom is 0.317 e. The number of nitrogens with one attached hydrogen (secondary N) is 1. The van der Waals surface area contributed by atoms with Crippen molar-refractivity contribution in [2.24, 2.45) is 5.92 Å². The van der Waals surface area contributed by atoms with Crippen LogP contribution in [0, 0.1) is 5.92 Å². The fourth-order valence-electron chi connectivity index (χ4n) is 2.30. The zero-order valence-corrected chi connectivity index (χ0v) is 9.55. The van der Waals surface area contributed by atoms with Crippen LogP contribution in [0.25, 0.3) is 0 Å². The lowest BCUT2D eigenvalue weighted by Gasteiger charge is -2.36. The van der Waals surface area contributed by atoms with E-state index in [1.54, 1.807) is 0 Å². The molecule has 3 heteroatoms. The Hall–Kier alpha value is -0.730. The van der Waals surface area contributed by atoms with E-state index in [1.807, 2.05) is 18.9 Å². The van der Waals surface area contributed by atoms with Crippen LogP contribution in [-0.4, -0.2) is 30.6 Å². The smallest absolute Gasteiger partial charge is 0.317 e. The van der Waals surface area contributed by atoms with Crippen molar-refractivity contribution in [3.63, 3.8) is 0 Å². The molecular formula is C11H22N2O. The summed E-state index contributed by atoms with van der Waals surface area (Å²) in [4.78, 5) is 13.5. The van der Waals surface area contributed by atoms with Crippen LogP contribution in [0.4, 0.5) is 4.79 Å². The molecule has 0 aromatic carbocycles. The molecule has 2 unspecified atom stereocenters. The molecule has 1 aliphatic rings. The van der Waals surface area contributed by atoms with Gasteiger partial charge in [-0.05, 0) is 25.7 Å². The number of hydrogen-bond donors (Lipinski definition) is 1. The summed E-state index contributed by atoms with van der Waals surface area (Å²) in [5.74, 6) is 0.649. The topological polar surface area (TPSA) is 32.3 Å². The summed E-state index contributed by atoms with van der Waals surface area (Å²) >= 11 is 0. The number of urea groups is 1. The maximum atomic E-state index is 11.6. The molecule has 0 aliphatic heterocycles. The van der Waals surface area contributed by atoms with Crippen molar-refractivity contribution in [2.75, 3.05) is 13.6 Å². The molecule has 82 valence electrons. The Labute approximate surface area is 86.9 Å². The number of carbonyl (C=O) groups excluding carboxylic acids is 1. The Balaban J connectivity index is 2.48. The molecule has 14 heavy (non-hydrogen) atoms. The SMILES string of the molecule is CCNC(=O)N(C)C1CCCCC1C. The van der Waals surface area contributed by atoms with E-state index in [4.69, 9.17) is 0 Å². The van der Waals surface area contributed by atoms with Gasteiger partial charge in [-0.1, -0.05) is 19.8 Å². The highest BCUT2D eigenvalue weighted by molar-refractivity contribution is 5.74. The van der Waals surface area contributed by atoms with E-state index >= 15 is 0 Å². The van der Waals surface area contributed by atoms with Crippen LogP contribution in [0.2, 0.25) is 0 Å². The van der Waals surface area contributed by atoms with Crippen LogP contribution in [0.5, 0.6) is 0 Å². The molecule has 0 aromatic heterocycles. The summed E-state index contributed by atoms with van der Waals surface area (Å²) in [5.41, 5.74) is 0. The van der Waals surface area contributed by atoms with Gasteiger partial charge in [-0.25, -0.2) is 4.79 Å². The normalized spacial score (nSPS) is 27.1. The third kappa shape index (κ3) is 2.63. The standard InChI is InChI=1S/C11H22N2O/c1-4-12-11(14)13(3)10-8-6-5-7-9(10)2/h9-10H,4-8H2,1-3H3,(H,12,14). The summed E-state index contributed by atoms with van der Waals surface area (Å²) in [6, 6.07) is 0.515. The lowest BCUT2D eigenvalue weighted by Crippen LogP contribution is -2.47. The first-order chi connectivity index (χ1) is 6.66. The van der Waals surface area contributed by atoms with Gasteiger partial charge < -0.3 is 10.2 Å². The van der Waals surface area contributed by atoms with Crippen LogP contribution in [0.3, 0.4) is 0 Å². The molecule has 0 radical (unpaired) electrons. The van der Waals surface area contributed by atoms with Crippen LogP contribution in [0.1, 0.15) is 39.5 Å². The molecule has 1 N–H and O–H groups in total. The maximum absolute atomic E-state index is 11.6. The van der Waals surface area contributed by atoms with Gasteiger partial charge in [0, 0.05) is 19.6 Å². The predicted octanol–water partition coefficient (Wildman–Crippen LogP) is 2.23. The van der Waals surface area contributed by atoms with Crippen molar-refractivity contribution < 1.29 is 4.79 Å². The molecule has 0 saturated heterocycles. The van der Waals surface area contributed by atoms with Crippen LogP contribution in [-0.2, 0) is 0 Å². The summed E-state index contributed by atoms with van der Waals surface area (Å²) < 4.78 is 0. The summed E-state index contributed by atoms with van der Waals surface area (Å²) in [6.45, 7) is 4.92. The third-order valence-corrected chi connectivity index (χ3v) is 3.21. The second-order valence-electron chi connectivity index (χ2n) is 4.28. The molecule has 0 spiro atoms. The lowest BCUT2D eigenvalue weighted by atomic mass is 9.85. The first kappa shape index (κ1) is 11.3. The van der Waals surface area contributed by atoms with Crippen molar-refractivity contribution in [3.05, 3.63) is 0 Å². The zero-order valence-electron chi connectivity index (χ0n) is 9.55. The monoisotopic (exact) mass is 198 g/mol. The zero-order chi connectivity index (χ0) is 10.6. The van der Waals surface area contributed by atoms with E-state index in [2.05, 4.69) is 12.2 Å². The summed E-state index contributed by atoms with van der Waals surface area (Å²) in [7, 11) is 1.91. The van der Waals surface area contributed by atoms with E-state index < -0.39 is 0 Å². The number of nitrogens with zero attached hydrogens (tertiary/aromatic N) is 1. The van der Waals surface area contributed by atoms with E-state index in [1.165, 1.54) is 19.3 Å². The average Bonchev–Trinajstić information content (AvgIpc) is 2.18. The van der Waals surface area contributed by atoms with Gasteiger partial charge in [-0.15, -0.1) is 0 Å². The largest absolute Gasteiger partial charge is 0.338 e. The molecule has 1 fully saturated rings. The first-order valence-corrected chi connectivity index (χ1v) is 5.67. The molecular weight excluding hydrogens is 176 g/mol. The Bertz CT molecular complexity index is 194. The fraction of sp³-hybridized carbons (Fsp3) is 0.909. The third-order valence-electron chi connectivity index (χ3n) is 3.21. The van der Waals surface area contributed by atoms with Crippen molar-refractivity contribution in [3.8, 4) is 0 Å². The number of hydrogen-bond acceptors (Lipinski definition) is 1. The Morgan fingerprint density at radius 3 is 2.64 bits per heavy atom. The van der Waals surface area contributed by atoms with Gasteiger partial charge in [0.15, 0.2) is 0 Å². The highest BCUT2D eigenvalue weighted by Gasteiger charge is 2.27. The number of amides is 2. The van der Waals surface area contributed by atoms with Gasteiger partial charge in [0.25, 0.3) is 0 Å². The number of rotatable bonds is 2. The molecule has 2 atom stereocenters. The van der Waals surface area contributed by atoms with Crippen molar-refractivity contribution in [1.29, 1.82) is 0 Å². The Morgan fingerprint density at radius 2 is 2.07 bits per heavy atom. The van der Waals surface area contributed by atoms with Gasteiger partial charge >= 0.3 is 6.03 Å². The predicted molar refractivity (Wildman–Crippen MR) is 58.3 cm³/mol. The van der Waals surface area contributed by atoms with Crippen LogP contribution >= 0.6 is 0 Å². The first-order valence-electron chi connectivity index (χ1n) is 5.67. The lowest BCUT2D eigenvalue weighted by molar-refractivity contribution is 0.145. The Morgan fingerprint density at radius 1 is 1.43 bits per heavy atom. The molecule has 0 aromatic rings. The van der Waals surface area contributed by atoms with Crippen molar-refractivity contribution >= 4 is 6.03 Å². The van der Waals surface area contributed by atoms with Crippen molar-refractivity contribution in [2.45, 2.75) is 45.6 Å². The Kier molecular flexibility index (Phi) is 4.23. The quantitative estimate of drug-likeness (QED) is 0.725. The minimum Gasteiger partial charge on any atom is -0.338 e. The van der Waals surface area contributed by atoms with Gasteiger partial charge in [-0.3, -0.25) is 0 Å². The second kappa shape index (κ2) is 5.23. The molecule has 2 amide bonds. The molecule has 1 aliphatic carbocycles. The van der Waals surface area contributed by atoms with E-state index in [-0.39, 0.29) is 6.03 Å². The molecule has 1 saturated carbocycles. The van der Waals surface area contributed by atoms with Gasteiger partial charge in [0.05, 0.1) is 0 Å². The highest BCUT2D eigenvalue weighted by atomic mass is 16.2.